The molecule has 5 rings (SSSR count). The van der Waals surface area contributed by atoms with Crippen LogP contribution in [0.25, 0.3) is 0 Å². The fourth-order valence-corrected chi connectivity index (χ4v) is 4.26. The largest absolute Gasteiger partial charge is 0.378 e. The molecule has 1 fully saturated rings. The molecule has 0 bridgehead atoms. The summed E-state index contributed by atoms with van der Waals surface area (Å²) in [5.41, 5.74) is 2.87. The van der Waals surface area contributed by atoms with Crippen molar-refractivity contribution in [2.24, 2.45) is 0 Å². The van der Waals surface area contributed by atoms with E-state index in [4.69, 9.17) is 15.0 Å². The number of anilines is 3. The van der Waals surface area contributed by atoms with E-state index in [1.54, 1.807) is 48.7 Å². The summed E-state index contributed by atoms with van der Waals surface area (Å²) in [6.45, 7) is 2.90. The molecule has 0 saturated carbocycles. The Bertz CT molecular complexity index is 1410. The van der Waals surface area contributed by atoms with Crippen LogP contribution in [0.2, 0.25) is 0 Å². The van der Waals surface area contributed by atoms with Gasteiger partial charge in [-0.25, -0.2) is 4.98 Å². The second-order valence-electron chi connectivity index (χ2n) is 8.56. The zero-order chi connectivity index (χ0) is 25.6. The number of carbonyl (C=O) groups excluding carboxylic acids is 2. The number of hydrogen-bond donors (Lipinski definition) is 1. The number of benzene rings is 2. The molecule has 1 saturated heterocycles. The van der Waals surface area contributed by atoms with E-state index in [9.17, 15) is 9.59 Å². The van der Waals surface area contributed by atoms with Crippen molar-refractivity contribution in [3.63, 3.8) is 0 Å². The molecule has 0 aliphatic carbocycles. The van der Waals surface area contributed by atoms with E-state index < -0.39 is 0 Å². The Morgan fingerprint density at radius 1 is 1.03 bits per heavy atom. The van der Waals surface area contributed by atoms with Crippen molar-refractivity contribution >= 4 is 29.3 Å². The van der Waals surface area contributed by atoms with E-state index in [2.05, 4.69) is 33.1 Å². The smallest absolute Gasteiger partial charge is 0.261 e. The van der Waals surface area contributed by atoms with Gasteiger partial charge in [-0.15, -0.1) is 0 Å². The first-order valence-electron chi connectivity index (χ1n) is 12.0. The van der Waals surface area contributed by atoms with Crippen molar-refractivity contribution in [2.75, 3.05) is 43.1 Å². The Labute approximate surface area is 214 Å². The Kier molecular flexibility index (Phi) is 7.07. The molecule has 2 aliphatic rings. The number of nitriles is 1. The van der Waals surface area contributed by atoms with Crippen LogP contribution in [0, 0.1) is 23.2 Å². The molecule has 2 aromatic carbocycles. The third kappa shape index (κ3) is 5.27. The summed E-state index contributed by atoms with van der Waals surface area (Å²) in [6.07, 6.45) is 2.77. The van der Waals surface area contributed by atoms with Crippen LogP contribution in [0.3, 0.4) is 0 Å². The summed E-state index contributed by atoms with van der Waals surface area (Å²) in [4.78, 5) is 37.6. The van der Waals surface area contributed by atoms with Gasteiger partial charge in [0.25, 0.3) is 11.8 Å². The van der Waals surface area contributed by atoms with Crippen molar-refractivity contribution in [1.82, 2.24) is 14.9 Å². The van der Waals surface area contributed by atoms with Gasteiger partial charge in [0.2, 0.25) is 5.95 Å². The van der Waals surface area contributed by atoms with Gasteiger partial charge >= 0.3 is 0 Å². The number of carbonyl (C=O) groups is 2. The summed E-state index contributed by atoms with van der Waals surface area (Å²) in [5, 5.41) is 12.3. The zero-order valence-corrected chi connectivity index (χ0v) is 20.1. The van der Waals surface area contributed by atoms with Crippen molar-refractivity contribution < 1.29 is 14.3 Å². The average molecular weight is 493 g/mol. The molecule has 1 aromatic heterocycles. The number of morpholine rings is 1. The van der Waals surface area contributed by atoms with E-state index in [0.29, 0.717) is 79.7 Å². The van der Waals surface area contributed by atoms with E-state index in [0.717, 1.165) is 5.69 Å². The molecule has 0 unspecified atom stereocenters. The molecule has 2 aliphatic heterocycles. The van der Waals surface area contributed by atoms with E-state index in [-0.39, 0.29) is 11.8 Å². The standard InChI is InChI=1S/C28H24N6O3/c29-18-20-7-6-9-22(17-20)31-28-30-19-21(25(32-28)33-13-15-37-16-14-33)8-2-1-5-12-34-26(35)23-10-3-4-11-24(23)27(34)36/h3-4,6-7,9-11,17,19H,1,5,12-16H2,(H,30,31,32). The highest BCUT2D eigenvalue weighted by Crippen LogP contribution is 2.24. The second kappa shape index (κ2) is 10.9. The summed E-state index contributed by atoms with van der Waals surface area (Å²) < 4.78 is 5.49. The van der Waals surface area contributed by atoms with Gasteiger partial charge < -0.3 is 15.0 Å². The molecule has 0 radical (unpaired) electrons. The van der Waals surface area contributed by atoms with Crippen molar-refractivity contribution in [2.45, 2.75) is 12.8 Å². The predicted octanol–water partition coefficient (Wildman–Crippen LogP) is 3.36. The summed E-state index contributed by atoms with van der Waals surface area (Å²) in [7, 11) is 0. The van der Waals surface area contributed by atoms with E-state index in [1.807, 2.05) is 6.07 Å². The van der Waals surface area contributed by atoms with Crippen LogP contribution in [0.4, 0.5) is 17.5 Å². The third-order valence-electron chi connectivity index (χ3n) is 6.11. The van der Waals surface area contributed by atoms with Crippen LogP contribution in [0.1, 0.15) is 44.7 Å². The number of amides is 2. The van der Waals surface area contributed by atoms with Gasteiger partial charge in [0, 0.05) is 31.7 Å². The number of hydrogen-bond acceptors (Lipinski definition) is 8. The Morgan fingerprint density at radius 3 is 2.51 bits per heavy atom. The molecule has 184 valence electrons. The zero-order valence-electron chi connectivity index (χ0n) is 20.1. The van der Waals surface area contributed by atoms with Gasteiger partial charge in [-0.3, -0.25) is 14.5 Å². The van der Waals surface area contributed by atoms with Gasteiger partial charge in [0.15, 0.2) is 0 Å². The number of nitrogens with one attached hydrogen (secondary N) is 1. The van der Waals surface area contributed by atoms with Gasteiger partial charge in [-0.2, -0.15) is 10.2 Å². The van der Waals surface area contributed by atoms with Crippen molar-refractivity contribution in [1.29, 1.82) is 5.26 Å². The maximum absolute atomic E-state index is 12.5. The number of ether oxygens (including phenoxy) is 1. The first kappa shape index (κ1) is 24.0. The van der Waals surface area contributed by atoms with Crippen molar-refractivity contribution in [3.8, 4) is 17.9 Å². The van der Waals surface area contributed by atoms with Crippen LogP contribution >= 0.6 is 0 Å². The van der Waals surface area contributed by atoms with Gasteiger partial charge in [0.05, 0.1) is 47.7 Å². The number of aromatic nitrogens is 2. The summed E-state index contributed by atoms with van der Waals surface area (Å²) in [5.74, 6) is 6.94. The molecule has 0 atom stereocenters. The SMILES string of the molecule is N#Cc1cccc(Nc2ncc(C#CCCCN3C(=O)c4ccccc4C3=O)c(N3CCOCC3)n2)c1. The number of nitrogens with zero attached hydrogens (tertiary/aromatic N) is 5. The van der Waals surface area contributed by atoms with Crippen LogP contribution in [-0.4, -0.2) is 59.5 Å². The fraction of sp³-hybridized carbons (Fsp3) is 0.250. The molecule has 3 aromatic rings. The lowest BCUT2D eigenvalue weighted by Gasteiger charge is -2.28. The van der Waals surface area contributed by atoms with E-state index in [1.165, 1.54) is 4.90 Å². The van der Waals surface area contributed by atoms with Crippen LogP contribution < -0.4 is 10.2 Å². The Balaban J connectivity index is 1.27. The molecule has 1 N–H and O–H groups in total. The highest BCUT2D eigenvalue weighted by Gasteiger charge is 2.34. The van der Waals surface area contributed by atoms with Gasteiger partial charge in [0.1, 0.15) is 5.82 Å². The number of imide groups is 1. The molecular formula is C28H24N6O3. The third-order valence-corrected chi connectivity index (χ3v) is 6.11. The summed E-state index contributed by atoms with van der Waals surface area (Å²) >= 11 is 0. The Morgan fingerprint density at radius 2 is 1.78 bits per heavy atom. The first-order valence-corrected chi connectivity index (χ1v) is 12.0. The Hall–Kier alpha value is -4.73. The minimum absolute atomic E-state index is 0.250. The van der Waals surface area contributed by atoms with E-state index >= 15 is 0 Å². The van der Waals surface area contributed by atoms with Crippen LogP contribution in [0.5, 0.6) is 0 Å². The average Bonchev–Trinajstić information content (AvgIpc) is 3.19. The lowest BCUT2D eigenvalue weighted by atomic mass is 10.1. The highest BCUT2D eigenvalue weighted by atomic mass is 16.5. The molecule has 37 heavy (non-hydrogen) atoms. The molecule has 9 heteroatoms. The first-order chi connectivity index (χ1) is 18.1. The molecule has 2 amide bonds. The second-order valence-corrected chi connectivity index (χ2v) is 8.56. The lowest BCUT2D eigenvalue weighted by molar-refractivity contribution is 0.0653. The van der Waals surface area contributed by atoms with Gasteiger partial charge in [-0.1, -0.05) is 30.0 Å². The minimum Gasteiger partial charge on any atom is -0.378 e. The molecule has 9 nitrogen and oxygen atoms in total. The normalized spacial score (nSPS) is 14.6. The predicted molar refractivity (Wildman–Crippen MR) is 137 cm³/mol. The lowest BCUT2D eigenvalue weighted by Crippen LogP contribution is -2.37. The highest BCUT2D eigenvalue weighted by molar-refractivity contribution is 6.21. The topological polar surface area (TPSA) is 111 Å². The summed E-state index contributed by atoms with van der Waals surface area (Å²) in [6, 6.07) is 16.1. The monoisotopic (exact) mass is 492 g/mol. The maximum Gasteiger partial charge on any atom is 0.261 e. The van der Waals surface area contributed by atoms with Crippen LogP contribution in [-0.2, 0) is 4.74 Å². The molecule has 0 spiro atoms. The number of rotatable bonds is 6. The molecular weight excluding hydrogens is 468 g/mol. The van der Waals surface area contributed by atoms with Crippen molar-refractivity contribution in [3.05, 3.63) is 77.0 Å². The maximum atomic E-state index is 12.5. The number of fused-ring (bicyclic) bond motifs is 1. The van der Waals surface area contributed by atoms with Crippen LogP contribution in [0.15, 0.2) is 54.7 Å². The fourth-order valence-electron chi connectivity index (χ4n) is 4.26. The quantitative estimate of drug-likeness (QED) is 0.317. The van der Waals surface area contributed by atoms with Gasteiger partial charge in [-0.05, 0) is 36.8 Å². The minimum atomic E-state index is -0.250. The number of unbranched alkanes of at least 4 members (excludes halogenated alkanes) is 1. The molecule has 3 heterocycles.